The van der Waals surface area contributed by atoms with Crippen LogP contribution in [0.4, 0.5) is 29.6 Å². The summed E-state index contributed by atoms with van der Waals surface area (Å²) < 4.78 is 43.7. The number of hydrogen-bond acceptors (Lipinski definition) is 7. The summed E-state index contributed by atoms with van der Waals surface area (Å²) in [6.45, 7) is 1.45. The molecular formula is C21H24F3N7O2. The summed E-state index contributed by atoms with van der Waals surface area (Å²) in [5, 5.41) is 18.8. The van der Waals surface area contributed by atoms with Crippen molar-refractivity contribution in [3.63, 3.8) is 0 Å². The predicted molar refractivity (Wildman–Crippen MR) is 110 cm³/mol. The predicted octanol–water partition coefficient (Wildman–Crippen LogP) is 3.99. The van der Waals surface area contributed by atoms with Gasteiger partial charge in [0, 0.05) is 18.4 Å². The van der Waals surface area contributed by atoms with E-state index in [-0.39, 0.29) is 18.4 Å². The van der Waals surface area contributed by atoms with Crippen molar-refractivity contribution in [2.75, 3.05) is 11.9 Å². The number of ether oxygens (including phenoxy) is 1. The molecule has 0 unspecified atom stereocenters. The van der Waals surface area contributed by atoms with Crippen LogP contribution in [0.2, 0.25) is 0 Å². The summed E-state index contributed by atoms with van der Waals surface area (Å²) in [4.78, 5) is 20.3. The highest BCUT2D eigenvalue weighted by molar-refractivity contribution is 5.67. The number of aromatic nitrogens is 4. The molecule has 1 atom stereocenters. The molecule has 0 spiro atoms. The van der Waals surface area contributed by atoms with Crippen molar-refractivity contribution in [3.05, 3.63) is 30.4 Å². The maximum atomic E-state index is 12.3. The zero-order valence-corrected chi connectivity index (χ0v) is 18.0. The number of carbonyl (C=O) groups excluding carboxylic acids is 1. The van der Waals surface area contributed by atoms with E-state index in [0.717, 1.165) is 31.2 Å². The molecule has 2 aromatic heterocycles. The highest BCUT2D eigenvalue weighted by Crippen LogP contribution is 2.43. The minimum absolute atomic E-state index is 0.150. The Morgan fingerprint density at radius 1 is 1.33 bits per heavy atom. The van der Waals surface area contributed by atoms with Crippen molar-refractivity contribution in [2.45, 2.75) is 62.7 Å². The summed E-state index contributed by atoms with van der Waals surface area (Å²) in [5.41, 5.74) is 1.15. The summed E-state index contributed by atoms with van der Waals surface area (Å²) in [6.07, 6.45) is 3.77. The van der Waals surface area contributed by atoms with Crippen molar-refractivity contribution < 1.29 is 22.7 Å². The summed E-state index contributed by atoms with van der Waals surface area (Å²) in [5.74, 6) is 0.814. The van der Waals surface area contributed by atoms with E-state index in [9.17, 15) is 23.2 Å². The molecule has 2 saturated carbocycles. The molecule has 0 aliphatic heterocycles. The third-order valence-electron chi connectivity index (χ3n) is 5.94. The van der Waals surface area contributed by atoms with Gasteiger partial charge in [0.05, 0.1) is 37.2 Å². The molecule has 2 aromatic rings. The zero-order valence-electron chi connectivity index (χ0n) is 18.0. The minimum Gasteiger partial charge on any atom is -0.449 e. The van der Waals surface area contributed by atoms with Crippen LogP contribution in [-0.4, -0.2) is 44.7 Å². The first-order valence-electron chi connectivity index (χ1n) is 10.7. The number of hydrogen-bond donors (Lipinski definition) is 2. The van der Waals surface area contributed by atoms with Crippen LogP contribution < -0.4 is 10.6 Å². The fraction of sp³-hybridized carbons (Fsp3) is 0.571. The molecule has 2 fully saturated rings. The van der Waals surface area contributed by atoms with E-state index in [2.05, 4.69) is 31.8 Å². The first-order chi connectivity index (χ1) is 15.7. The summed E-state index contributed by atoms with van der Waals surface area (Å²) in [7, 11) is 0. The van der Waals surface area contributed by atoms with Gasteiger partial charge < -0.3 is 15.4 Å². The van der Waals surface area contributed by atoms with Crippen LogP contribution in [-0.2, 0) is 10.3 Å². The van der Waals surface area contributed by atoms with E-state index >= 15 is 0 Å². The monoisotopic (exact) mass is 463 g/mol. The summed E-state index contributed by atoms with van der Waals surface area (Å²) >= 11 is 0. The van der Waals surface area contributed by atoms with Gasteiger partial charge in [-0.3, -0.25) is 4.68 Å². The molecule has 0 radical (unpaired) electrons. The topological polar surface area (TPSA) is 118 Å². The Hall–Kier alpha value is -3.36. The van der Waals surface area contributed by atoms with E-state index in [1.807, 2.05) is 0 Å². The fourth-order valence-electron chi connectivity index (χ4n) is 3.85. The molecular weight excluding hydrogens is 439 g/mol. The standard InChI is InChI=1S/C21H24F3N7O2/c1-13(6-21(22,23)24)29-19(32)33-11-14-4-15(5-14)16-7-26-18(27-8-16)30-17-9-28-31(10-17)20(12-25)2-3-20/h7-10,13-15H,2-6,11H2,1H3,(H,29,32)(H,26,27,30)/t13-,14?,15?/m0/s1. The second-order valence-corrected chi connectivity index (χ2v) is 8.78. The quantitative estimate of drug-likeness (QED) is 0.608. The molecule has 2 aliphatic rings. The molecule has 9 nitrogen and oxygen atoms in total. The van der Waals surface area contributed by atoms with E-state index in [0.29, 0.717) is 11.6 Å². The first kappa shape index (κ1) is 22.8. The molecule has 12 heteroatoms. The van der Waals surface area contributed by atoms with Gasteiger partial charge >= 0.3 is 12.3 Å². The van der Waals surface area contributed by atoms with Crippen molar-refractivity contribution >= 4 is 17.7 Å². The van der Waals surface area contributed by atoms with Gasteiger partial charge in [-0.1, -0.05) is 0 Å². The van der Waals surface area contributed by atoms with Crippen LogP contribution in [0.25, 0.3) is 0 Å². The zero-order chi connectivity index (χ0) is 23.6. The summed E-state index contributed by atoms with van der Waals surface area (Å²) in [6, 6.07) is 1.25. The number of anilines is 2. The number of amides is 1. The van der Waals surface area contributed by atoms with Crippen LogP contribution in [0.3, 0.4) is 0 Å². The molecule has 0 bridgehead atoms. The molecule has 33 heavy (non-hydrogen) atoms. The van der Waals surface area contributed by atoms with Gasteiger partial charge in [-0.2, -0.15) is 23.5 Å². The number of halogens is 3. The van der Waals surface area contributed by atoms with Crippen molar-refractivity contribution in [2.24, 2.45) is 5.92 Å². The molecule has 0 saturated heterocycles. The van der Waals surface area contributed by atoms with Gasteiger partial charge in [0.15, 0.2) is 0 Å². The van der Waals surface area contributed by atoms with Crippen LogP contribution in [0.15, 0.2) is 24.8 Å². The van der Waals surface area contributed by atoms with Gasteiger partial charge in [0.1, 0.15) is 5.54 Å². The second kappa shape index (κ2) is 8.88. The smallest absolute Gasteiger partial charge is 0.407 e. The highest BCUT2D eigenvalue weighted by atomic mass is 19.4. The van der Waals surface area contributed by atoms with Crippen LogP contribution in [0.5, 0.6) is 0 Å². The van der Waals surface area contributed by atoms with Crippen LogP contribution in [0.1, 0.15) is 50.5 Å². The van der Waals surface area contributed by atoms with Gasteiger partial charge in [0.2, 0.25) is 5.95 Å². The average molecular weight is 463 g/mol. The molecule has 2 N–H and O–H groups in total. The number of alkyl carbamates (subject to hydrolysis) is 1. The maximum absolute atomic E-state index is 12.3. The lowest BCUT2D eigenvalue weighted by Crippen LogP contribution is -2.38. The average Bonchev–Trinajstić information content (AvgIpc) is 3.37. The SMILES string of the molecule is C[C@@H](CC(F)(F)F)NC(=O)OCC1CC(c2cnc(Nc3cnn(C4(C#N)CC4)c3)nc2)C1. The maximum Gasteiger partial charge on any atom is 0.407 e. The molecule has 2 heterocycles. The number of nitrogens with one attached hydrogen (secondary N) is 2. The first-order valence-corrected chi connectivity index (χ1v) is 10.7. The molecule has 4 rings (SSSR count). The van der Waals surface area contributed by atoms with E-state index < -0.39 is 30.3 Å². The van der Waals surface area contributed by atoms with Crippen LogP contribution in [0, 0.1) is 17.2 Å². The second-order valence-electron chi connectivity index (χ2n) is 8.78. The number of nitriles is 1. The molecule has 2 aliphatic carbocycles. The van der Waals surface area contributed by atoms with Crippen molar-refractivity contribution in [3.8, 4) is 6.07 Å². The Morgan fingerprint density at radius 3 is 2.64 bits per heavy atom. The van der Waals surface area contributed by atoms with Gasteiger partial charge in [-0.25, -0.2) is 14.8 Å². The molecule has 0 aromatic carbocycles. The lowest BCUT2D eigenvalue weighted by atomic mass is 9.72. The van der Waals surface area contributed by atoms with E-state index in [1.54, 1.807) is 29.5 Å². The third kappa shape index (κ3) is 5.71. The molecule has 176 valence electrons. The fourth-order valence-corrected chi connectivity index (χ4v) is 3.85. The van der Waals surface area contributed by atoms with Crippen molar-refractivity contribution in [1.82, 2.24) is 25.1 Å². The number of carbonyl (C=O) groups is 1. The van der Waals surface area contributed by atoms with E-state index in [1.165, 1.54) is 6.92 Å². The Morgan fingerprint density at radius 2 is 2.03 bits per heavy atom. The van der Waals surface area contributed by atoms with Gasteiger partial charge in [-0.05, 0) is 50.0 Å². The van der Waals surface area contributed by atoms with Gasteiger partial charge in [0.25, 0.3) is 0 Å². The molecule has 1 amide bonds. The normalized spacial score (nSPS) is 21.9. The Kier molecular flexibility index (Phi) is 6.14. The van der Waals surface area contributed by atoms with Crippen LogP contribution >= 0.6 is 0 Å². The minimum atomic E-state index is -4.33. The number of nitrogens with zero attached hydrogens (tertiary/aromatic N) is 5. The third-order valence-corrected chi connectivity index (χ3v) is 5.94. The Bertz CT molecular complexity index is 1020. The Balaban J connectivity index is 1.18. The number of rotatable bonds is 8. The van der Waals surface area contributed by atoms with Gasteiger partial charge in [-0.15, -0.1) is 0 Å². The van der Waals surface area contributed by atoms with Crippen molar-refractivity contribution in [1.29, 1.82) is 5.26 Å². The Labute approximate surface area is 188 Å². The lowest BCUT2D eigenvalue weighted by molar-refractivity contribution is -0.138. The number of alkyl halides is 3. The highest BCUT2D eigenvalue weighted by Gasteiger charge is 2.46. The lowest BCUT2D eigenvalue weighted by Gasteiger charge is -2.34. The largest absolute Gasteiger partial charge is 0.449 e. The van der Waals surface area contributed by atoms with E-state index in [4.69, 9.17) is 4.74 Å².